The SMILES string of the molecule is Cn1cccc1C=C1SC(=Nc2cccc(I)c2)NC1=O. The molecule has 0 unspecified atom stereocenters. The van der Waals surface area contributed by atoms with E-state index in [9.17, 15) is 4.79 Å². The second-order valence-corrected chi connectivity index (χ2v) is 6.78. The monoisotopic (exact) mass is 409 g/mol. The molecule has 0 spiro atoms. The van der Waals surface area contributed by atoms with Crippen molar-refractivity contribution in [2.24, 2.45) is 12.0 Å². The van der Waals surface area contributed by atoms with Crippen molar-refractivity contribution in [2.75, 3.05) is 0 Å². The van der Waals surface area contributed by atoms with Gasteiger partial charge in [-0.25, -0.2) is 4.99 Å². The molecule has 6 heteroatoms. The van der Waals surface area contributed by atoms with E-state index < -0.39 is 0 Å². The van der Waals surface area contributed by atoms with Crippen molar-refractivity contribution in [3.8, 4) is 0 Å². The number of benzene rings is 1. The number of nitrogens with one attached hydrogen (secondary N) is 1. The molecule has 0 atom stereocenters. The van der Waals surface area contributed by atoms with Crippen LogP contribution in [0.25, 0.3) is 6.08 Å². The maximum absolute atomic E-state index is 12.0. The zero-order chi connectivity index (χ0) is 14.8. The van der Waals surface area contributed by atoms with E-state index in [1.165, 1.54) is 11.8 Å². The number of aliphatic imine (C=N–C) groups is 1. The van der Waals surface area contributed by atoms with Gasteiger partial charge in [-0.05, 0) is 70.8 Å². The summed E-state index contributed by atoms with van der Waals surface area (Å²) in [6, 6.07) is 11.8. The quantitative estimate of drug-likeness (QED) is 0.610. The Morgan fingerprint density at radius 1 is 1.33 bits per heavy atom. The molecule has 1 aromatic heterocycles. The maximum Gasteiger partial charge on any atom is 0.264 e. The molecule has 0 bridgehead atoms. The summed E-state index contributed by atoms with van der Waals surface area (Å²) in [6.45, 7) is 0. The van der Waals surface area contributed by atoms with Crippen LogP contribution in [0.2, 0.25) is 0 Å². The molecule has 106 valence electrons. The Labute approximate surface area is 140 Å². The third-order valence-corrected chi connectivity index (χ3v) is 4.53. The number of hydrogen-bond donors (Lipinski definition) is 1. The normalized spacial score (nSPS) is 18.5. The van der Waals surface area contributed by atoms with Crippen molar-refractivity contribution < 1.29 is 4.79 Å². The van der Waals surface area contributed by atoms with Crippen LogP contribution in [0.15, 0.2) is 52.5 Å². The highest BCUT2D eigenvalue weighted by Gasteiger charge is 2.24. The molecular formula is C15H12IN3OS. The number of thioether (sulfide) groups is 1. The number of amides is 1. The molecule has 0 saturated carbocycles. The Balaban J connectivity index is 1.85. The fourth-order valence-corrected chi connectivity index (χ4v) is 3.26. The smallest absolute Gasteiger partial charge is 0.264 e. The fraction of sp³-hybridized carbons (Fsp3) is 0.0667. The molecule has 3 rings (SSSR count). The van der Waals surface area contributed by atoms with E-state index >= 15 is 0 Å². The molecule has 2 aromatic rings. The highest BCUT2D eigenvalue weighted by molar-refractivity contribution is 14.1. The van der Waals surface area contributed by atoms with Crippen LogP contribution in [-0.2, 0) is 11.8 Å². The van der Waals surface area contributed by atoms with Crippen molar-refractivity contribution >= 4 is 57.2 Å². The summed E-state index contributed by atoms with van der Waals surface area (Å²) >= 11 is 3.60. The maximum atomic E-state index is 12.0. The summed E-state index contributed by atoms with van der Waals surface area (Å²) in [5.74, 6) is -0.106. The lowest BCUT2D eigenvalue weighted by Crippen LogP contribution is -2.19. The number of aryl methyl sites for hydroxylation is 1. The highest BCUT2D eigenvalue weighted by atomic mass is 127. The van der Waals surface area contributed by atoms with Crippen LogP contribution in [0.5, 0.6) is 0 Å². The number of nitrogens with zero attached hydrogens (tertiary/aromatic N) is 2. The van der Waals surface area contributed by atoms with Crippen LogP contribution in [0, 0.1) is 3.57 Å². The number of carbonyl (C=O) groups is 1. The van der Waals surface area contributed by atoms with Crippen molar-refractivity contribution in [3.05, 3.63) is 56.8 Å². The fourth-order valence-electron chi connectivity index (χ4n) is 1.90. The van der Waals surface area contributed by atoms with E-state index in [1.807, 2.05) is 60.3 Å². The molecule has 21 heavy (non-hydrogen) atoms. The Morgan fingerprint density at radius 3 is 2.90 bits per heavy atom. The van der Waals surface area contributed by atoms with E-state index in [2.05, 4.69) is 32.9 Å². The van der Waals surface area contributed by atoms with Crippen LogP contribution in [0.4, 0.5) is 5.69 Å². The van der Waals surface area contributed by atoms with E-state index in [4.69, 9.17) is 0 Å². The predicted octanol–water partition coefficient (Wildman–Crippen LogP) is 3.52. The largest absolute Gasteiger partial charge is 0.351 e. The molecule has 4 nitrogen and oxygen atoms in total. The lowest BCUT2D eigenvalue weighted by atomic mass is 10.3. The zero-order valence-electron chi connectivity index (χ0n) is 11.2. The zero-order valence-corrected chi connectivity index (χ0v) is 14.2. The summed E-state index contributed by atoms with van der Waals surface area (Å²) in [6.07, 6.45) is 3.82. The number of aromatic nitrogens is 1. The van der Waals surface area contributed by atoms with Gasteiger partial charge in [-0.3, -0.25) is 4.79 Å². The molecule has 1 aliphatic heterocycles. The van der Waals surface area contributed by atoms with Crippen molar-refractivity contribution in [1.29, 1.82) is 0 Å². The summed E-state index contributed by atoms with van der Waals surface area (Å²) in [7, 11) is 1.95. The summed E-state index contributed by atoms with van der Waals surface area (Å²) in [4.78, 5) is 17.1. The lowest BCUT2D eigenvalue weighted by Gasteiger charge is -1.97. The number of halogens is 1. The second-order valence-electron chi connectivity index (χ2n) is 4.51. The van der Waals surface area contributed by atoms with Crippen molar-refractivity contribution in [3.63, 3.8) is 0 Å². The topological polar surface area (TPSA) is 46.4 Å². The number of rotatable bonds is 2. The van der Waals surface area contributed by atoms with Gasteiger partial charge in [-0.15, -0.1) is 0 Å². The third-order valence-electron chi connectivity index (χ3n) is 2.95. The average molecular weight is 409 g/mol. The van der Waals surface area contributed by atoms with Gasteiger partial charge in [0.25, 0.3) is 5.91 Å². The van der Waals surface area contributed by atoms with Crippen LogP contribution < -0.4 is 5.32 Å². The Morgan fingerprint density at radius 2 is 2.19 bits per heavy atom. The van der Waals surface area contributed by atoms with Gasteiger partial charge < -0.3 is 9.88 Å². The minimum Gasteiger partial charge on any atom is -0.351 e. The number of amidine groups is 1. The van der Waals surface area contributed by atoms with Crippen molar-refractivity contribution in [2.45, 2.75) is 0 Å². The van der Waals surface area contributed by atoms with E-state index in [1.54, 1.807) is 0 Å². The summed E-state index contributed by atoms with van der Waals surface area (Å²) in [5, 5.41) is 3.41. The van der Waals surface area contributed by atoms with Crippen molar-refractivity contribution in [1.82, 2.24) is 9.88 Å². The molecule has 1 amide bonds. The predicted molar refractivity (Wildman–Crippen MR) is 95.4 cm³/mol. The first-order chi connectivity index (χ1) is 10.1. The first-order valence-corrected chi connectivity index (χ1v) is 8.18. The minimum atomic E-state index is -0.106. The second kappa shape index (κ2) is 6.07. The molecule has 1 saturated heterocycles. The molecular weight excluding hydrogens is 397 g/mol. The summed E-state index contributed by atoms with van der Waals surface area (Å²) in [5.41, 5.74) is 1.83. The Bertz CT molecular complexity index is 764. The van der Waals surface area contributed by atoms with Gasteiger partial charge in [0.05, 0.1) is 10.6 Å². The molecule has 1 fully saturated rings. The Kier molecular flexibility index (Phi) is 4.16. The molecule has 1 aromatic carbocycles. The Hall–Kier alpha value is -1.54. The van der Waals surface area contributed by atoms with Gasteiger partial charge in [-0.1, -0.05) is 6.07 Å². The van der Waals surface area contributed by atoms with Gasteiger partial charge in [0.15, 0.2) is 5.17 Å². The third kappa shape index (κ3) is 3.38. The van der Waals surface area contributed by atoms with Crippen LogP contribution >= 0.6 is 34.4 Å². The lowest BCUT2D eigenvalue weighted by molar-refractivity contribution is -0.115. The van der Waals surface area contributed by atoms with Gasteiger partial charge in [0.2, 0.25) is 0 Å². The van der Waals surface area contributed by atoms with E-state index in [-0.39, 0.29) is 5.91 Å². The van der Waals surface area contributed by atoms with Gasteiger partial charge >= 0.3 is 0 Å². The van der Waals surface area contributed by atoms with Gasteiger partial charge in [0, 0.05) is 22.5 Å². The van der Waals surface area contributed by atoms with Crippen LogP contribution in [-0.4, -0.2) is 15.6 Å². The minimum absolute atomic E-state index is 0.106. The van der Waals surface area contributed by atoms with E-state index in [0.717, 1.165) is 15.0 Å². The van der Waals surface area contributed by atoms with Crippen LogP contribution in [0.3, 0.4) is 0 Å². The molecule has 1 N–H and O–H groups in total. The highest BCUT2D eigenvalue weighted by Crippen LogP contribution is 2.28. The average Bonchev–Trinajstić information content (AvgIpc) is 2.98. The first kappa shape index (κ1) is 14.4. The molecule has 0 aliphatic carbocycles. The standard InChI is InChI=1S/C15H12IN3OS/c1-19-7-3-6-12(19)9-13-14(20)18-15(21-13)17-11-5-2-4-10(16)8-11/h2-9H,1H3,(H,17,18,20). The van der Waals surface area contributed by atoms with Gasteiger partial charge in [-0.2, -0.15) is 0 Å². The van der Waals surface area contributed by atoms with Gasteiger partial charge in [0.1, 0.15) is 0 Å². The molecule has 2 heterocycles. The number of carbonyl (C=O) groups excluding carboxylic acids is 1. The number of hydrogen-bond acceptors (Lipinski definition) is 3. The van der Waals surface area contributed by atoms with Crippen LogP contribution in [0.1, 0.15) is 5.69 Å². The first-order valence-electron chi connectivity index (χ1n) is 6.28. The molecule has 0 radical (unpaired) electrons. The van der Waals surface area contributed by atoms with E-state index in [0.29, 0.717) is 10.1 Å². The molecule has 1 aliphatic rings. The summed E-state index contributed by atoms with van der Waals surface area (Å²) < 4.78 is 3.08.